The minimum atomic E-state index is -0.717. The molecule has 1 atom stereocenters. The van der Waals surface area contributed by atoms with Crippen LogP contribution in [0, 0.1) is 17.2 Å². The number of amides is 1. The van der Waals surface area contributed by atoms with E-state index < -0.39 is 5.54 Å². The molecule has 1 amide bonds. The zero-order valence-corrected chi connectivity index (χ0v) is 14.0. The highest BCUT2D eigenvalue weighted by Crippen LogP contribution is 2.39. The Hall–Kier alpha value is -2.26. The molecule has 3 rings (SSSR count). The van der Waals surface area contributed by atoms with Crippen LogP contribution in [0.15, 0.2) is 24.3 Å². The van der Waals surface area contributed by atoms with E-state index in [0.717, 1.165) is 44.7 Å². The minimum absolute atomic E-state index is 0.0657. The third kappa shape index (κ3) is 3.80. The Morgan fingerprint density at radius 1 is 1.29 bits per heavy atom. The van der Waals surface area contributed by atoms with E-state index in [4.69, 9.17) is 0 Å². The van der Waals surface area contributed by atoms with Gasteiger partial charge >= 0.3 is 0 Å². The van der Waals surface area contributed by atoms with E-state index >= 15 is 0 Å². The standard InChI is InChI=1S/C18H24N4O2/c1-18(13-19,14-2-3-14)20-17(24)12-21-8-10-22(11-9-21)15-4-6-16(23)7-5-15/h4-7,14,23H,2-3,8-12H2,1H3,(H,20,24). The molecule has 1 aliphatic heterocycles. The summed E-state index contributed by atoms with van der Waals surface area (Å²) in [6.45, 7) is 5.47. The normalized spacial score (nSPS) is 20.9. The second-order valence-corrected chi connectivity index (χ2v) is 6.92. The van der Waals surface area contributed by atoms with Crippen LogP contribution in [0.4, 0.5) is 5.69 Å². The molecular weight excluding hydrogens is 304 g/mol. The summed E-state index contributed by atoms with van der Waals surface area (Å²) in [6, 6.07) is 9.46. The summed E-state index contributed by atoms with van der Waals surface area (Å²) in [5.74, 6) is 0.507. The molecule has 128 valence electrons. The zero-order valence-electron chi connectivity index (χ0n) is 14.0. The van der Waals surface area contributed by atoms with Gasteiger partial charge in [-0.3, -0.25) is 9.69 Å². The number of carbonyl (C=O) groups is 1. The molecule has 2 fully saturated rings. The molecule has 0 aromatic heterocycles. The Bertz CT molecular complexity index is 627. The number of piperazine rings is 1. The van der Waals surface area contributed by atoms with Crippen LogP contribution < -0.4 is 10.2 Å². The molecule has 1 saturated heterocycles. The van der Waals surface area contributed by atoms with Gasteiger partial charge in [-0.25, -0.2) is 0 Å². The number of anilines is 1. The predicted molar refractivity (Wildman–Crippen MR) is 91.6 cm³/mol. The Morgan fingerprint density at radius 2 is 1.92 bits per heavy atom. The first-order valence-corrected chi connectivity index (χ1v) is 8.49. The van der Waals surface area contributed by atoms with Crippen LogP contribution in [0.1, 0.15) is 19.8 Å². The number of aromatic hydroxyl groups is 1. The van der Waals surface area contributed by atoms with Crippen molar-refractivity contribution in [3.05, 3.63) is 24.3 Å². The van der Waals surface area contributed by atoms with Crippen molar-refractivity contribution < 1.29 is 9.90 Å². The van der Waals surface area contributed by atoms with Crippen LogP contribution in [0.2, 0.25) is 0 Å². The van der Waals surface area contributed by atoms with Gasteiger partial charge in [0.2, 0.25) is 5.91 Å². The Morgan fingerprint density at radius 3 is 2.46 bits per heavy atom. The monoisotopic (exact) mass is 328 g/mol. The molecule has 1 aromatic rings. The van der Waals surface area contributed by atoms with Crippen molar-refractivity contribution in [1.82, 2.24) is 10.2 Å². The van der Waals surface area contributed by atoms with Crippen LogP contribution in [-0.2, 0) is 4.79 Å². The van der Waals surface area contributed by atoms with Crippen LogP contribution >= 0.6 is 0 Å². The number of nitrogens with one attached hydrogen (secondary N) is 1. The van der Waals surface area contributed by atoms with E-state index in [9.17, 15) is 15.2 Å². The molecule has 1 aliphatic carbocycles. The largest absolute Gasteiger partial charge is 0.508 e. The predicted octanol–water partition coefficient (Wildman–Crippen LogP) is 1.32. The van der Waals surface area contributed by atoms with Crippen LogP contribution in [-0.4, -0.2) is 54.2 Å². The van der Waals surface area contributed by atoms with Gasteiger partial charge in [-0.2, -0.15) is 5.26 Å². The summed E-state index contributed by atoms with van der Waals surface area (Å²) in [6.07, 6.45) is 2.05. The molecule has 1 heterocycles. The number of nitriles is 1. The lowest BCUT2D eigenvalue weighted by Crippen LogP contribution is -2.53. The average Bonchev–Trinajstić information content (AvgIpc) is 3.41. The maximum absolute atomic E-state index is 12.3. The van der Waals surface area contributed by atoms with Crippen molar-refractivity contribution >= 4 is 11.6 Å². The van der Waals surface area contributed by atoms with Crippen molar-refractivity contribution in [3.8, 4) is 11.8 Å². The SMILES string of the molecule is CC(C#N)(NC(=O)CN1CCN(c2ccc(O)cc2)CC1)C1CC1. The average molecular weight is 328 g/mol. The first-order valence-electron chi connectivity index (χ1n) is 8.49. The van der Waals surface area contributed by atoms with E-state index in [1.807, 2.05) is 19.1 Å². The molecule has 24 heavy (non-hydrogen) atoms. The molecule has 6 heteroatoms. The topological polar surface area (TPSA) is 79.6 Å². The van der Waals surface area contributed by atoms with Crippen molar-refractivity contribution in [3.63, 3.8) is 0 Å². The van der Waals surface area contributed by atoms with Gasteiger partial charge in [0.05, 0.1) is 12.6 Å². The van der Waals surface area contributed by atoms with E-state index in [1.54, 1.807) is 12.1 Å². The number of benzene rings is 1. The highest BCUT2D eigenvalue weighted by atomic mass is 16.3. The summed E-state index contributed by atoms with van der Waals surface area (Å²) in [4.78, 5) is 16.6. The van der Waals surface area contributed by atoms with Gasteiger partial charge in [0.1, 0.15) is 11.3 Å². The molecule has 1 aromatic carbocycles. The van der Waals surface area contributed by atoms with E-state index in [1.165, 1.54) is 0 Å². The van der Waals surface area contributed by atoms with Crippen LogP contribution in [0.5, 0.6) is 5.75 Å². The molecule has 0 bridgehead atoms. The summed E-state index contributed by atoms with van der Waals surface area (Å²) >= 11 is 0. The van der Waals surface area contributed by atoms with Gasteiger partial charge in [-0.05, 0) is 49.9 Å². The fourth-order valence-corrected chi connectivity index (χ4v) is 3.24. The number of carbonyl (C=O) groups excluding carboxylic acids is 1. The highest BCUT2D eigenvalue weighted by molar-refractivity contribution is 5.79. The van der Waals surface area contributed by atoms with Gasteiger partial charge in [-0.15, -0.1) is 0 Å². The quantitative estimate of drug-likeness (QED) is 0.852. The van der Waals surface area contributed by atoms with E-state index in [0.29, 0.717) is 12.5 Å². The van der Waals surface area contributed by atoms with Crippen molar-refractivity contribution in [1.29, 1.82) is 5.26 Å². The first kappa shape index (κ1) is 16.6. The molecular formula is C18H24N4O2. The molecule has 1 saturated carbocycles. The van der Waals surface area contributed by atoms with Crippen molar-refractivity contribution in [2.75, 3.05) is 37.6 Å². The summed E-state index contributed by atoms with van der Waals surface area (Å²) in [5, 5.41) is 21.6. The Kier molecular flexibility index (Phi) is 4.63. The second kappa shape index (κ2) is 6.70. The minimum Gasteiger partial charge on any atom is -0.508 e. The molecule has 2 aliphatic rings. The fourth-order valence-electron chi connectivity index (χ4n) is 3.24. The lowest BCUT2D eigenvalue weighted by atomic mass is 9.98. The maximum Gasteiger partial charge on any atom is 0.235 e. The summed E-state index contributed by atoms with van der Waals surface area (Å²) in [7, 11) is 0. The van der Waals surface area contributed by atoms with Gasteiger partial charge in [0.25, 0.3) is 0 Å². The number of phenols is 1. The molecule has 0 radical (unpaired) electrons. The number of hydrogen-bond donors (Lipinski definition) is 2. The number of hydrogen-bond acceptors (Lipinski definition) is 5. The Labute approximate surface area is 142 Å². The third-order valence-corrected chi connectivity index (χ3v) is 4.98. The van der Waals surface area contributed by atoms with Crippen LogP contribution in [0.25, 0.3) is 0 Å². The fraction of sp³-hybridized carbons (Fsp3) is 0.556. The second-order valence-electron chi connectivity index (χ2n) is 6.92. The molecule has 0 spiro atoms. The van der Waals surface area contributed by atoms with Crippen molar-refractivity contribution in [2.45, 2.75) is 25.3 Å². The van der Waals surface area contributed by atoms with Gasteiger partial charge in [0.15, 0.2) is 0 Å². The highest BCUT2D eigenvalue weighted by Gasteiger charge is 2.43. The smallest absolute Gasteiger partial charge is 0.235 e. The van der Waals surface area contributed by atoms with Gasteiger partial charge in [-0.1, -0.05) is 0 Å². The van der Waals surface area contributed by atoms with Crippen molar-refractivity contribution in [2.24, 2.45) is 5.92 Å². The lowest BCUT2D eigenvalue weighted by molar-refractivity contribution is -0.123. The third-order valence-electron chi connectivity index (χ3n) is 4.98. The summed E-state index contributed by atoms with van der Waals surface area (Å²) < 4.78 is 0. The van der Waals surface area contributed by atoms with Crippen LogP contribution in [0.3, 0.4) is 0 Å². The zero-order chi connectivity index (χ0) is 17.2. The van der Waals surface area contributed by atoms with E-state index in [-0.39, 0.29) is 11.7 Å². The number of nitrogens with zero attached hydrogens (tertiary/aromatic N) is 3. The van der Waals surface area contributed by atoms with Gasteiger partial charge in [0, 0.05) is 31.9 Å². The maximum atomic E-state index is 12.3. The number of rotatable bonds is 5. The van der Waals surface area contributed by atoms with Gasteiger partial charge < -0.3 is 15.3 Å². The molecule has 6 nitrogen and oxygen atoms in total. The molecule has 2 N–H and O–H groups in total. The summed E-state index contributed by atoms with van der Waals surface area (Å²) in [5.41, 5.74) is 0.369. The van der Waals surface area contributed by atoms with E-state index in [2.05, 4.69) is 21.2 Å². The lowest BCUT2D eigenvalue weighted by Gasteiger charge is -2.36. The first-order chi connectivity index (χ1) is 11.5. The Balaban J connectivity index is 1.47. The molecule has 1 unspecified atom stereocenters. The number of phenolic OH excluding ortho intramolecular Hbond substituents is 1.